The summed E-state index contributed by atoms with van der Waals surface area (Å²) in [5.41, 5.74) is 0.264. The van der Waals surface area contributed by atoms with Crippen LogP contribution in [0.3, 0.4) is 0 Å². The van der Waals surface area contributed by atoms with Crippen molar-refractivity contribution in [1.29, 1.82) is 0 Å². The molecule has 2 aliphatic carbocycles. The van der Waals surface area contributed by atoms with Crippen molar-refractivity contribution in [3.05, 3.63) is 0 Å². The van der Waals surface area contributed by atoms with Gasteiger partial charge in [-0.1, -0.05) is 12.8 Å². The van der Waals surface area contributed by atoms with E-state index in [0.717, 1.165) is 6.42 Å². The van der Waals surface area contributed by atoms with Gasteiger partial charge >= 0.3 is 5.97 Å². The molecule has 0 N–H and O–H groups in total. The average Bonchev–Trinajstić information content (AvgIpc) is 2.81. The van der Waals surface area contributed by atoms with Crippen molar-refractivity contribution in [2.24, 2.45) is 5.41 Å². The lowest BCUT2D eigenvalue weighted by Crippen LogP contribution is -2.49. The molecule has 0 amide bonds. The molecule has 0 aromatic heterocycles. The van der Waals surface area contributed by atoms with E-state index in [-0.39, 0.29) is 17.7 Å². The van der Waals surface area contributed by atoms with Crippen molar-refractivity contribution in [1.82, 2.24) is 0 Å². The molecule has 2 unspecified atom stereocenters. The second-order valence-electron chi connectivity index (χ2n) is 5.13. The lowest BCUT2D eigenvalue weighted by molar-refractivity contribution is -0.144. The van der Waals surface area contributed by atoms with Gasteiger partial charge in [0.15, 0.2) is 6.10 Å². The topological polar surface area (TPSA) is 38.8 Å². The number of hydrogen-bond donors (Lipinski definition) is 0. The van der Waals surface area contributed by atoms with Gasteiger partial charge < -0.3 is 9.47 Å². The van der Waals surface area contributed by atoms with Crippen molar-refractivity contribution in [2.75, 3.05) is 6.61 Å². The van der Waals surface area contributed by atoms with Crippen molar-refractivity contribution < 1.29 is 14.3 Å². The summed E-state index contributed by atoms with van der Waals surface area (Å²) < 4.78 is 10.8. The molecule has 0 radical (unpaired) electrons. The maximum atomic E-state index is 11.6. The first-order chi connectivity index (χ1) is 7.24. The first-order valence-corrected chi connectivity index (χ1v) is 6.09. The molecule has 2 atom stereocenters. The van der Waals surface area contributed by atoms with Crippen molar-refractivity contribution >= 4 is 5.97 Å². The van der Waals surface area contributed by atoms with E-state index in [0.29, 0.717) is 12.0 Å². The maximum absolute atomic E-state index is 11.6. The average molecular weight is 210 g/mol. The van der Waals surface area contributed by atoms with E-state index < -0.39 is 0 Å². The summed E-state index contributed by atoms with van der Waals surface area (Å²) in [5, 5.41) is 0. The van der Waals surface area contributed by atoms with Crippen LogP contribution in [-0.2, 0) is 14.3 Å². The summed E-state index contributed by atoms with van der Waals surface area (Å²) >= 11 is 0. The molecule has 2 saturated carbocycles. The molecule has 0 aromatic rings. The van der Waals surface area contributed by atoms with E-state index in [1.54, 1.807) is 0 Å². The zero-order valence-corrected chi connectivity index (χ0v) is 9.25. The van der Waals surface area contributed by atoms with Crippen LogP contribution in [0.15, 0.2) is 0 Å². The minimum absolute atomic E-state index is 0.0875. The molecule has 84 valence electrons. The maximum Gasteiger partial charge on any atom is 0.338 e. The summed E-state index contributed by atoms with van der Waals surface area (Å²) in [6.45, 7) is 2.31. The van der Waals surface area contributed by atoms with Crippen LogP contribution in [-0.4, -0.2) is 24.3 Å². The smallest absolute Gasteiger partial charge is 0.338 e. The van der Waals surface area contributed by atoms with E-state index in [4.69, 9.17) is 9.47 Å². The number of epoxide rings is 1. The first kappa shape index (κ1) is 9.64. The summed E-state index contributed by atoms with van der Waals surface area (Å²) in [7, 11) is 0. The Hall–Kier alpha value is -0.570. The van der Waals surface area contributed by atoms with Crippen molar-refractivity contribution in [3.8, 4) is 0 Å². The Kier molecular flexibility index (Phi) is 1.91. The quantitative estimate of drug-likeness (QED) is 0.517. The normalized spacial score (nSPS) is 40.5. The van der Waals surface area contributed by atoms with Crippen LogP contribution in [0.2, 0.25) is 0 Å². The highest BCUT2D eigenvalue weighted by Crippen LogP contribution is 2.70. The third-order valence-electron chi connectivity index (χ3n) is 4.63. The van der Waals surface area contributed by atoms with Gasteiger partial charge in [-0.2, -0.15) is 0 Å². The molecule has 3 aliphatic rings. The number of rotatable bonds is 2. The first-order valence-electron chi connectivity index (χ1n) is 6.09. The van der Waals surface area contributed by atoms with Crippen LogP contribution in [0.1, 0.15) is 45.4 Å². The van der Waals surface area contributed by atoms with Gasteiger partial charge in [-0.25, -0.2) is 4.79 Å². The Morgan fingerprint density at radius 3 is 2.60 bits per heavy atom. The van der Waals surface area contributed by atoms with Crippen LogP contribution in [0.5, 0.6) is 0 Å². The van der Waals surface area contributed by atoms with Gasteiger partial charge in [0.25, 0.3) is 0 Å². The standard InChI is InChI=1S/C12H18O3/c1-2-14-10(13)9-12(15-9)8-7-11(12)5-3-4-6-11/h9H,2-8H2,1H3. The second kappa shape index (κ2) is 2.97. The highest BCUT2D eigenvalue weighted by molar-refractivity contribution is 5.80. The number of hydrogen-bond acceptors (Lipinski definition) is 3. The summed E-state index contributed by atoms with van der Waals surface area (Å²) in [6, 6.07) is 0. The number of carbonyl (C=O) groups excluding carboxylic acids is 1. The Labute approximate surface area is 90.1 Å². The summed E-state index contributed by atoms with van der Waals surface area (Å²) in [5.74, 6) is -0.136. The molecule has 3 fully saturated rings. The number of fused-ring (bicyclic) bond motifs is 1. The Bertz CT molecular complexity index is 293. The van der Waals surface area contributed by atoms with Gasteiger partial charge in [0.2, 0.25) is 0 Å². The number of ether oxygens (including phenoxy) is 2. The van der Waals surface area contributed by atoms with E-state index in [1.165, 1.54) is 32.1 Å². The Morgan fingerprint density at radius 1 is 1.33 bits per heavy atom. The van der Waals surface area contributed by atoms with Gasteiger partial charge in [-0.05, 0) is 32.6 Å². The highest BCUT2D eigenvalue weighted by atomic mass is 16.7. The minimum atomic E-state index is -0.232. The van der Waals surface area contributed by atoms with Crippen LogP contribution in [0, 0.1) is 5.41 Å². The molecule has 2 spiro atoms. The van der Waals surface area contributed by atoms with Gasteiger partial charge in [0, 0.05) is 5.41 Å². The zero-order chi connectivity index (χ0) is 10.5. The zero-order valence-electron chi connectivity index (χ0n) is 9.25. The van der Waals surface area contributed by atoms with Crippen LogP contribution < -0.4 is 0 Å². The fourth-order valence-corrected chi connectivity index (χ4v) is 3.68. The van der Waals surface area contributed by atoms with Crippen molar-refractivity contribution in [2.45, 2.75) is 57.2 Å². The predicted octanol–water partition coefficient (Wildman–Crippen LogP) is 2.04. The van der Waals surface area contributed by atoms with Gasteiger partial charge in [-0.3, -0.25) is 0 Å². The SMILES string of the molecule is CCOC(=O)C1OC12CCC21CCCC1. The molecule has 1 saturated heterocycles. The van der Waals surface area contributed by atoms with Crippen LogP contribution in [0.25, 0.3) is 0 Å². The Balaban J connectivity index is 1.71. The molecule has 1 aliphatic heterocycles. The Morgan fingerprint density at radius 2 is 2.07 bits per heavy atom. The fraction of sp³-hybridized carbons (Fsp3) is 0.917. The van der Waals surface area contributed by atoms with E-state index in [1.807, 2.05) is 6.92 Å². The predicted molar refractivity (Wildman–Crippen MR) is 54.4 cm³/mol. The molecular weight excluding hydrogens is 192 g/mol. The fourth-order valence-electron chi connectivity index (χ4n) is 3.68. The van der Waals surface area contributed by atoms with Gasteiger partial charge in [0.05, 0.1) is 6.61 Å². The third-order valence-corrected chi connectivity index (χ3v) is 4.63. The van der Waals surface area contributed by atoms with Crippen molar-refractivity contribution in [3.63, 3.8) is 0 Å². The summed E-state index contributed by atoms with van der Waals surface area (Å²) in [4.78, 5) is 11.6. The lowest BCUT2D eigenvalue weighted by Gasteiger charge is -2.45. The molecule has 0 bridgehead atoms. The van der Waals surface area contributed by atoms with Crippen LogP contribution in [0.4, 0.5) is 0 Å². The molecule has 0 aromatic carbocycles. The largest absolute Gasteiger partial charge is 0.464 e. The van der Waals surface area contributed by atoms with E-state index in [9.17, 15) is 4.79 Å². The van der Waals surface area contributed by atoms with E-state index in [2.05, 4.69) is 0 Å². The number of carbonyl (C=O) groups is 1. The third kappa shape index (κ3) is 1.07. The molecule has 15 heavy (non-hydrogen) atoms. The van der Waals surface area contributed by atoms with E-state index >= 15 is 0 Å². The lowest BCUT2D eigenvalue weighted by atomic mass is 9.57. The molecular formula is C12H18O3. The molecule has 1 heterocycles. The second-order valence-corrected chi connectivity index (χ2v) is 5.13. The van der Waals surface area contributed by atoms with Crippen LogP contribution >= 0.6 is 0 Å². The van der Waals surface area contributed by atoms with Gasteiger partial charge in [-0.15, -0.1) is 0 Å². The molecule has 3 rings (SSSR count). The summed E-state index contributed by atoms with van der Waals surface area (Å²) in [6.07, 6.45) is 7.20. The van der Waals surface area contributed by atoms with Gasteiger partial charge in [0.1, 0.15) is 5.60 Å². The monoisotopic (exact) mass is 210 g/mol. The molecule has 3 nitrogen and oxygen atoms in total. The highest BCUT2D eigenvalue weighted by Gasteiger charge is 2.77. The minimum Gasteiger partial charge on any atom is -0.464 e. The molecule has 3 heteroatoms. The number of esters is 1.